The molecular formula is C34H47N5O4. The van der Waals surface area contributed by atoms with Crippen molar-refractivity contribution in [2.24, 2.45) is 5.92 Å². The Bertz CT molecular complexity index is 1240. The lowest BCUT2D eigenvalue weighted by Gasteiger charge is -2.39. The predicted molar refractivity (Wildman–Crippen MR) is 169 cm³/mol. The van der Waals surface area contributed by atoms with E-state index in [2.05, 4.69) is 61.7 Å². The fraction of sp³-hybridized carbons (Fsp3) is 0.559. The van der Waals surface area contributed by atoms with Crippen molar-refractivity contribution < 1.29 is 19.1 Å². The molecule has 3 saturated heterocycles. The SMILES string of the molecule is CC(C)(C)OC(=O)Nc1ccc(CCN2CCC(CN3CCN(c4ccc(C5CCC(=O)NC5=O)cc4)CC3)CC2)cc1. The van der Waals surface area contributed by atoms with Crippen LogP contribution in [0.3, 0.4) is 0 Å². The standard InChI is InChI=1S/C34H47N5O4/c1-34(2,3)43-33(42)35-28-8-4-25(5-9-28)14-17-37-18-15-26(16-19-37)24-38-20-22-39(23-21-38)29-10-6-27(7-11-29)30-12-13-31(40)36-32(30)41/h4-11,26,30H,12-24H2,1-3H3,(H,35,42)(H,36,40,41). The average Bonchev–Trinajstić information content (AvgIpc) is 2.97. The third kappa shape index (κ3) is 9.03. The van der Waals surface area contributed by atoms with Gasteiger partial charge in [0.2, 0.25) is 11.8 Å². The van der Waals surface area contributed by atoms with Gasteiger partial charge < -0.3 is 14.5 Å². The van der Waals surface area contributed by atoms with E-state index in [9.17, 15) is 14.4 Å². The Morgan fingerprint density at radius 3 is 2.19 bits per heavy atom. The van der Waals surface area contributed by atoms with Crippen LogP contribution in [-0.4, -0.2) is 85.7 Å². The normalized spacial score (nSPS) is 21.0. The lowest BCUT2D eigenvalue weighted by atomic mass is 9.90. The van der Waals surface area contributed by atoms with Crippen molar-refractivity contribution in [3.05, 3.63) is 59.7 Å². The predicted octanol–water partition coefficient (Wildman–Crippen LogP) is 4.63. The number of nitrogens with zero attached hydrogens (tertiary/aromatic N) is 3. The number of imide groups is 1. The number of likely N-dealkylation sites (tertiary alicyclic amines) is 1. The van der Waals surface area contributed by atoms with Gasteiger partial charge in [-0.3, -0.25) is 25.1 Å². The number of carbonyl (C=O) groups is 3. The average molecular weight is 590 g/mol. The second-order valence-electron chi connectivity index (χ2n) is 13.2. The maximum atomic E-state index is 12.2. The number of piperidine rings is 2. The van der Waals surface area contributed by atoms with Crippen molar-refractivity contribution in [3.8, 4) is 0 Å². The molecule has 3 aliphatic heterocycles. The molecule has 3 heterocycles. The van der Waals surface area contributed by atoms with Gasteiger partial charge in [-0.15, -0.1) is 0 Å². The third-order valence-corrected chi connectivity index (χ3v) is 8.81. The lowest BCUT2D eigenvalue weighted by molar-refractivity contribution is -0.134. The molecule has 0 aliphatic carbocycles. The van der Waals surface area contributed by atoms with E-state index in [1.165, 1.54) is 30.6 Å². The van der Waals surface area contributed by atoms with Gasteiger partial charge in [0.1, 0.15) is 5.60 Å². The Kier molecular flexibility index (Phi) is 10.0. The van der Waals surface area contributed by atoms with Crippen molar-refractivity contribution in [2.45, 2.75) is 64.4 Å². The van der Waals surface area contributed by atoms with Gasteiger partial charge in [0.25, 0.3) is 0 Å². The van der Waals surface area contributed by atoms with Gasteiger partial charge in [0, 0.05) is 57.1 Å². The number of rotatable bonds is 8. The van der Waals surface area contributed by atoms with Crippen molar-refractivity contribution in [1.82, 2.24) is 15.1 Å². The highest BCUT2D eigenvalue weighted by molar-refractivity contribution is 6.00. The zero-order valence-corrected chi connectivity index (χ0v) is 25.9. The van der Waals surface area contributed by atoms with Crippen molar-refractivity contribution in [2.75, 3.05) is 62.6 Å². The van der Waals surface area contributed by atoms with E-state index in [-0.39, 0.29) is 17.7 Å². The van der Waals surface area contributed by atoms with Crippen LogP contribution in [0.25, 0.3) is 0 Å². The molecule has 3 amide bonds. The van der Waals surface area contributed by atoms with E-state index in [1.54, 1.807) is 0 Å². The van der Waals surface area contributed by atoms with Gasteiger partial charge in [-0.2, -0.15) is 0 Å². The number of ether oxygens (including phenoxy) is 1. The van der Waals surface area contributed by atoms with Crippen LogP contribution in [0.4, 0.5) is 16.2 Å². The number of hydrogen-bond donors (Lipinski definition) is 2. The molecule has 0 spiro atoms. The summed E-state index contributed by atoms with van der Waals surface area (Å²) in [6.07, 6.45) is 4.08. The summed E-state index contributed by atoms with van der Waals surface area (Å²) < 4.78 is 5.32. The van der Waals surface area contributed by atoms with Crippen LogP contribution >= 0.6 is 0 Å². The van der Waals surface area contributed by atoms with Gasteiger partial charge in [0.15, 0.2) is 0 Å². The number of carbonyl (C=O) groups excluding carboxylic acids is 3. The number of hydrogen-bond acceptors (Lipinski definition) is 7. The first-order valence-electron chi connectivity index (χ1n) is 15.8. The van der Waals surface area contributed by atoms with Crippen LogP contribution in [0.5, 0.6) is 0 Å². The van der Waals surface area contributed by atoms with Crippen LogP contribution < -0.4 is 15.5 Å². The van der Waals surface area contributed by atoms with Crippen LogP contribution in [0.15, 0.2) is 48.5 Å². The highest BCUT2D eigenvalue weighted by Gasteiger charge is 2.28. The number of anilines is 2. The van der Waals surface area contributed by atoms with Gasteiger partial charge in [-0.1, -0.05) is 24.3 Å². The molecule has 1 unspecified atom stereocenters. The fourth-order valence-electron chi connectivity index (χ4n) is 6.34. The first kappa shape index (κ1) is 31.0. The molecule has 0 radical (unpaired) electrons. The van der Waals surface area contributed by atoms with E-state index in [1.807, 2.05) is 32.9 Å². The molecule has 2 N–H and O–H groups in total. The van der Waals surface area contributed by atoms with Gasteiger partial charge in [0.05, 0.1) is 5.92 Å². The maximum absolute atomic E-state index is 12.2. The number of amides is 3. The smallest absolute Gasteiger partial charge is 0.412 e. The molecule has 2 aromatic rings. The van der Waals surface area contributed by atoms with E-state index in [0.29, 0.717) is 12.8 Å². The zero-order chi connectivity index (χ0) is 30.4. The molecule has 9 heteroatoms. The van der Waals surface area contributed by atoms with Gasteiger partial charge in [-0.05, 0) is 101 Å². The molecule has 5 rings (SSSR count). The summed E-state index contributed by atoms with van der Waals surface area (Å²) in [6, 6.07) is 16.4. The van der Waals surface area contributed by atoms with Crippen molar-refractivity contribution >= 4 is 29.3 Å². The second-order valence-corrected chi connectivity index (χ2v) is 13.2. The van der Waals surface area contributed by atoms with Crippen LogP contribution in [0.1, 0.15) is 63.5 Å². The molecule has 9 nitrogen and oxygen atoms in total. The summed E-state index contributed by atoms with van der Waals surface area (Å²) in [6.45, 7) is 14.3. The Morgan fingerprint density at radius 1 is 0.884 bits per heavy atom. The minimum Gasteiger partial charge on any atom is -0.444 e. The minimum absolute atomic E-state index is 0.170. The maximum Gasteiger partial charge on any atom is 0.412 e. The quantitative estimate of drug-likeness (QED) is 0.434. The van der Waals surface area contributed by atoms with Crippen LogP contribution in [-0.2, 0) is 20.7 Å². The number of benzene rings is 2. The summed E-state index contributed by atoms with van der Waals surface area (Å²) in [4.78, 5) is 43.3. The summed E-state index contributed by atoms with van der Waals surface area (Å²) in [7, 11) is 0. The number of piperazine rings is 1. The molecule has 0 saturated carbocycles. The molecule has 232 valence electrons. The minimum atomic E-state index is -0.510. The monoisotopic (exact) mass is 589 g/mol. The van der Waals surface area contributed by atoms with Crippen LogP contribution in [0, 0.1) is 5.92 Å². The third-order valence-electron chi connectivity index (χ3n) is 8.81. The Balaban J connectivity index is 0.979. The lowest BCUT2D eigenvalue weighted by Crippen LogP contribution is -2.49. The largest absolute Gasteiger partial charge is 0.444 e. The summed E-state index contributed by atoms with van der Waals surface area (Å²) in [5, 5.41) is 5.26. The van der Waals surface area contributed by atoms with E-state index >= 15 is 0 Å². The number of nitrogens with one attached hydrogen (secondary N) is 2. The molecule has 3 fully saturated rings. The first-order valence-corrected chi connectivity index (χ1v) is 15.8. The molecule has 43 heavy (non-hydrogen) atoms. The molecule has 1 atom stereocenters. The Morgan fingerprint density at radius 2 is 1.56 bits per heavy atom. The van der Waals surface area contributed by atoms with E-state index in [4.69, 9.17) is 4.74 Å². The second kappa shape index (κ2) is 13.9. The zero-order valence-electron chi connectivity index (χ0n) is 25.9. The highest BCUT2D eigenvalue weighted by Crippen LogP contribution is 2.28. The molecule has 3 aliphatic rings. The van der Waals surface area contributed by atoms with E-state index < -0.39 is 11.7 Å². The van der Waals surface area contributed by atoms with Gasteiger partial charge in [-0.25, -0.2) is 4.79 Å². The first-order chi connectivity index (χ1) is 20.6. The summed E-state index contributed by atoms with van der Waals surface area (Å²) in [5.74, 6) is 0.186. The van der Waals surface area contributed by atoms with Crippen molar-refractivity contribution in [1.29, 1.82) is 0 Å². The Hall–Kier alpha value is -3.43. The van der Waals surface area contributed by atoms with E-state index in [0.717, 1.165) is 69.4 Å². The van der Waals surface area contributed by atoms with Gasteiger partial charge >= 0.3 is 6.09 Å². The highest BCUT2D eigenvalue weighted by atomic mass is 16.6. The summed E-state index contributed by atoms with van der Waals surface area (Å²) in [5.41, 5.74) is 3.72. The fourth-order valence-corrected chi connectivity index (χ4v) is 6.34. The topological polar surface area (TPSA) is 94.2 Å². The summed E-state index contributed by atoms with van der Waals surface area (Å²) >= 11 is 0. The molecule has 0 aromatic heterocycles. The van der Waals surface area contributed by atoms with Crippen molar-refractivity contribution in [3.63, 3.8) is 0 Å². The Labute approximate surface area is 255 Å². The van der Waals surface area contributed by atoms with Crippen LogP contribution in [0.2, 0.25) is 0 Å². The molecule has 0 bridgehead atoms. The molecule has 2 aromatic carbocycles. The molecular weight excluding hydrogens is 542 g/mol.